The Morgan fingerprint density at radius 3 is 2.68 bits per heavy atom. The number of hydrogen-bond acceptors (Lipinski definition) is 5. The molecule has 0 saturated carbocycles. The predicted molar refractivity (Wildman–Crippen MR) is 113 cm³/mol. The number of amides is 1. The number of benzene rings is 1. The molecule has 8 heteroatoms. The van der Waals surface area contributed by atoms with Crippen LogP contribution in [0.1, 0.15) is 23.2 Å². The van der Waals surface area contributed by atoms with Crippen molar-refractivity contribution in [3.05, 3.63) is 51.6 Å². The summed E-state index contributed by atoms with van der Waals surface area (Å²) in [5, 5.41) is 8.54. The van der Waals surface area contributed by atoms with Gasteiger partial charge in [0.2, 0.25) is 0 Å². The first kappa shape index (κ1) is 20.1. The van der Waals surface area contributed by atoms with Crippen LogP contribution in [0.5, 0.6) is 0 Å². The Morgan fingerprint density at radius 2 is 2.04 bits per heavy atom. The number of rotatable bonds is 5. The van der Waals surface area contributed by atoms with Gasteiger partial charge in [0.1, 0.15) is 0 Å². The van der Waals surface area contributed by atoms with Crippen molar-refractivity contribution in [1.29, 1.82) is 0 Å². The zero-order valence-electron chi connectivity index (χ0n) is 15.9. The first-order chi connectivity index (χ1) is 13.3. The van der Waals surface area contributed by atoms with Gasteiger partial charge in [0.15, 0.2) is 6.10 Å². The van der Waals surface area contributed by atoms with E-state index < -0.39 is 18.0 Å². The molecule has 0 fully saturated rings. The highest BCUT2D eigenvalue weighted by Gasteiger charge is 2.20. The third-order valence-electron chi connectivity index (χ3n) is 4.35. The molecular formula is C20H20ClN3O3S. The summed E-state index contributed by atoms with van der Waals surface area (Å²) in [6, 6.07) is 7.74. The Hall–Kier alpha value is -2.64. The third-order valence-corrected chi connectivity index (χ3v) is 6.01. The van der Waals surface area contributed by atoms with Crippen LogP contribution in [0.3, 0.4) is 0 Å². The predicted octanol–water partition coefficient (Wildman–Crippen LogP) is 4.49. The molecule has 0 saturated heterocycles. The molecule has 1 amide bonds. The minimum Gasteiger partial charge on any atom is -0.449 e. The van der Waals surface area contributed by atoms with Crippen LogP contribution in [-0.4, -0.2) is 27.8 Å². The molecule has 2 aromatic heterocycles. The maximum Gasteiger partial charge on any atom is 0.331 e. The van der Waals surface area contributed by atoms with Crippen molar-refractivity contribution in [2.75, 3.05) is 5.32 Å². The average molecular weight is 418 g/mol. The van der Waals surface area contributed by atoms with Gasteiger partial charge in [-0.25, -0.2) is 4.79 Å². The number of fused-ring (bicyclic) bond motifs is 1. The van der Waals surface area contributed by atoms with Crippen LogP contribution in [0.4, 0.5) is 5.69 Å². The fraction of sp³-hybridized carbons (Fsp3) is 0.250. The van der Waals surface area contributed by atoms with Crippen molar-refractivity contribution in [3.63, 3.8) is 0 Å². The smallest absolute Gasteiger partial charge is 0.331 e. The average Bonchev–Trinajstić information content (AvgIpc) is 3.11. The summed E-state index contributed by atoms with van der Waals surface area (Å²) in [5.74, 6) is -1.03. The summed E-state index contributed by atoms with van der Waals surface area (Å²) >= 11 is 7.84. The van der Waals surface area contributed by atoms with Gasteiger partial charge >= 0.3 is 5.97 Å². The molecule has 0 spiro atoms. The number of aromatic nitrogens is 2. The van der Waals surface area contributed by atoms with Crippen LogP contribution in [0.15, 0.2) is 30.3 Å². The molecule has 0 radical (unpaired) electrons. The molecule has 1 N–H and O–H groups in total. The number of nitrogens with zero attached hydrogens (tertiary/aromatic N) is 2. The quantitative estimate of drug-likeness (QED) is 0.490. The summed E-state index contributed by atoms with van der Waals surface area (Å²) < 4.78 is 7.92. The van der Waals surface area contributed by atoms with Crippen molar-refractivity contribution < 1.29 is 14.3 Å². The molecule has 0 unspecified atom stereocenters. The highest BCUT2D eigenvalue weighted by atomic mass is 35.5. The first-order valence-electron chi connectivity index (χ1n) is 8.64. The van der Waals surface area contributed by atoms with E-state index in [2.05, 4.69) is 10.4 Å². The van der Waals surface area contributed by atoms with E-state index in [0.717, 1.165) is 20.7 Å². The molecule has 2 heterocycles. The Kier molecular flexibility index (Phi) is 5.86. The molecule has 0 aliphatic carbocycles. The lowest BCUT2D eigenvalue weighted by atomic mass is 10.2. The number of anilines is 1. The van der Waals surface area contributed by atoms with Gasteiger partial charge in [0.05, 0.1) is 22.1 Å². The lowest BCUT2D eigenvalue weighted by Gasteiger charge is -2.12. The van der Waals surface area contributed by atoms with Gasteiger partial charge in [-0.05, 0) is 32.9 Å². The molecule has 28 heavy (non-hydrogen) atoms. The normalized spacial score (nSPS) is 12.5. The van der Waals surface area contributed by atoms with Gasteiger partial charge in [-0.2, -0.15) is 5.10 Å². The van der Waals surface area contributed by atoms with E-state index in [1.165, 1.54) is 24.3 Å². The van der Waals surface area contributed by atoms with Crippen LogP contribution >= 0.6 is 22.9 Å². The zero-order chi connectivity index (χ0) is 20.4. The lowest BCUT2D eigenvalue weighted by molar-refractivity contribution is -0.148. The summed E-state index contributed by atoms with van der Waals surface area (Å²) in [5.41, 5.74) is 2.15. The monoisotopic (exact) mass is 417 g/mol. The Bertz CT molecular complexity index is 1080. The summed E-state index contributed by atoms with van der Waals surface area (Å²) in [6.07, 6.45) is 1.94. The van der Waals surface area contributed by atoms with E-state index in [9.17, 15) is 9.59 Å². The lowest BCUT2D eigenvalue weighted by Crippen LogP contribution is -2.29. The van der Waals surface area contributed by atoms with E-state index >= 15 is 0 Å². The van der Waals surface area contributed by atoms with Crippen LogP contribution < -0.4 is 5.32 Å². The Labute approximate surface area is 171 Å². The van der Waals surface area contributed by atoms with Crippen LogP contribution in [0, 0.1) is 13.8 Å². The fourth-order valence-electron chi connectivity index (χ4n) is 2.73. The van der Waals surface area contributed by atoms with Gasteiger partial charge in [0.25, 0.3) is 5.91 Å². The molecule has 0 aliphatic heterocycles. The molecule has 1 aromatic carbocycles. The van der Waals surface area contributed by atoms with Crippen LogP contribution in [0.25, 0.3) is 16.2 Å². The van der Waals surface area contributed by atoms with Crippen molar-refractivity contribution in [2.45, 2.75) is 26.9 Å². The molecule has 0 bridgehead atoms. The number of esters is 1. The molecule has 0 aliphatic rings. The number of nitrogens with one attached hydrogen (secondary N) is 1. The first-order valence-corrected chi connectivity index (χ1v) is 9.84. The maximum atomic E-state index is 12.3. The van der Waals surface area contributed by atoms with Crippen molar-refractivity contribution in [3.8, 4) is 0 Å². The molecule has 3 aromatic rings. The second kappa shape index (κ2) is 8.16. The number of hydrogen-bond donors (Lipinski definition) is 1. The van der Waals surface area contributed by atoms with Crippen molar-refractivity contribution in [1.82, 2.24) is 9.78 Å². The van der Waals surface area contributed by atoms with Crippen molar-refractivity contribution in [2.24, 2.45) is 7.05 Å². The fourth-order valence-corrected chi connectivity index (χ4v) is 4.13. The second-order valence-corrected chi connectivity index (χ2v) is 7.81. The second-order valence-electron chi connectivity index (χ2n) is 6.35. The molecule has 3 rings (SSSR count). The number of thiophene rings is 1. The Morgan fingerprint density at radius 1 is 1.32 bits per heavy atom. The largest absolute Gasteiger partial charge is 0.449 e. The maximum absolute atomic E-state index is 12.3. The van der Waals surface area contributed by atoms with E-state index in [1.807, 2.05) is 31.2 Å². The molecule has 146 valence electrons. The van der Waals surface area contributed by atoms with Gasteiger partial charge in [0, 0.05) is 28.1 Å². The standard InChI is InChI=1S/C20H20ClN3O3S/c1-11-19(12(2)24(4)23-11)22-20(26)13(3)27-17(25)10-9-16-18(21)14-7-5-6-8-15(14)28-16/h5-10,13H,1-4H3,(H,22,26)/b10-9+/t13-/m0/s1. The van der Waals surface area contributed by atoms with E-state index in [4.69, 9.17) is 16.3 Å². The Balaban J connectivity index is 1.64. The topological polar surface area (TPSA) is 73.2 Å². The van der Waals surface area contributed by atoms with Crippen molar-refractivity contribution >= 4 is 56.7 Å². The highest BCUT2D eigenvalue weighted by molar-refractivity contribution is 7.20. The number of carbonyl (C=O) groups excluding carboxylic acids is 2. The number of ether oxygens (including phenoxy) is 1. The SMILES string of the molecule is Cc1nn(C)c(C)c1NC(=O)[C@H](C)OC(=O)/C=C/c1sc2ccccc2c1Cl. The summed E-state index contributed by atoms with van der Waals surface area (Å²) in [6.45, 7) is 5.18. The molecular weight excluding hydrogens is 398 g/mol. The van der Waals surface area contributed by atoms with Gasteiger partial charge < -0.3 is 10.1 Å². The molecule has 1 atom stereocenters. The zero-order valence-corrected chi connectivity index (χ0v) is 17.5. The third kappa shape index (κ3) is 4.10. The number of aryl methyl sites for hydroxylation is 2. The summed E-state index contributed by atoms with van der Waals surface area (Å²) in [7, 11) is 1.80. The van der Waals surface area contributed by atoms with Crippen LogP contribution in [-0.2, 0) is 21.4 Å². The minimum absolute atomic E-state index is 0.416. The van der Waals surface area contributed by atoms with Crippen LogP contribution in [0.2, 0.25) is 5.02 Å². The van der Waals surface area contributed by atoms with Gasteiger partial charge in [-0.1, -0.05) is 29.8 Å². The van der Waals surface area contributed by atoms with Gasteiger partial charge in [-0.3, -0.25) is 9.48 Å². The minimum atomic E-state index is -0.950. The number of halogens is 1. The molecule has 6 nitrogen and oxygen atoms in total. The highest BCUT2D eigenvalue weighted by Crippen LogP contribution is 2.35. The van der Waals surface area contributed by atoms with E-state index in [-0.39, 0.29) is 0 Å². The number of carbonyl (C=O) groups is 2. The summed E-state index contributed by atoms with van der Waals surface area (Å²) in [4.78, 5) is 25.2. The van der Waals surface area contributed by atoms with E-state index in [1.54, 1.807) is 24.7 Å². The van der Waals surface area contributed by atoms with Gasteiger partial charge in [-0.15, -0.1) is 11.3 Å². The van der Waals surface area contributed by atoms with E-state index in [0.29, 0.717) is 16.4 Å².